The van der Waals surface area contributed by atoms with Crippen LogP contribution in [0, 0.1) is 17.1 Å². The third kappa shape index (κ3) is 4.90. The molecule has 0 aliphatic carbocycles. The van der Waals surface area contributed by atoms with Crippen molar-refractivity contribution in [2.75, 3.05) is 6.29 Å². The van der Waals surface area contributed by atoms with Gasteiger partial charge in [-0.1, -0.05) is 23.2 Å². The minimum absolute atomic E-state index is 0.000939. The molecule has 1 aromatic heterocycles. The lowest BCUT2D eigenvalue weighted by atomic mass is 10.2. The van der Waals surface area contributed by atoms with Crippen LogP contribution in [0.2, 0.25) is 10.0 Å². The number of halogens is 3. The molecule has 2 aromatic carbocycles. The molecule has 0 aliphatic heterocycles. The summed E-state index contributed by atoms with van der Waals surface area (Å²) in [5.74, 6) is -1.62. The summed E-state index contributed by atoms with van der Waals surface area (Å²) < 4.78 is 57.9. The van der Waals surface area contributed by atoms with Gasteiger partial charge in [-0.3, -0.25) is 0 Å². The average molecular weight is 495 g/mol. The van der Waals surface area contributed by atoms with Crippen molar-refractivity contribution in [3.05, 3.63) is 57.8 Å². The van der Waals surface area contributed by atoms with Crippen LogP contribution in [-0.2, 0) is 14.6 Å². The van der Waals surface area contributed by atoms with Crippen LogP contribution in [0.3, 0.4) is 0 Å². The van der Waals surface area contributed by atoms with Gasteiger partial charge in [0.15, 0.2) is 11.6 Å². The van der Waals surface area contributed by atoms with E-state index in [1.54, 1.807) is 6.07 Å². The number of nitrogens with zero attached hydrogens (tertiary/aromatic N) is 1. The predicted octanol–water partition coefficient (Wildman–Crippen LogP) is 4.72. The Kier molecular flexibility index (Phi) is 6.22. The lowest BCUT2D eigenvalue weighted by molar-refractivity contribution is 0.368. The van der Waals surface area contributed by atoms with Gasteiger partial charge in [0.05, 0.1) is 21.4 Å². The van der Waals surface area contributed by atoms with E-state index in [2.05, 4.69) is 0 Å². The molecule has 0 aliphatic rings. The Bertz CT molecular complexity index is 1270. The number of hydrogen-bond acceptors (Lipinski definition) is 6. The van der Waals surface area contributed by atoms with Crippen LogP contribution < -0.4 is 9.25 Å². The standard InChI is InChI=1S/C16H10Cl2FN2O5PS2/c17-11-2-3-12(18)16-10(11)6-15(28-16)29(24,25)21-8-27(22,23)26-14-5-9(7-20)1-4-13(14)19/h1-6,21H,8H2,(H,22,23). The van der Waals surface area contributed by atoms with Gasteiger partial charge in [-0.05, 0) is 30.3 Å². The van der Waals surface area contributed by atoms with E-state index in [1.165, 1.54) is 18.2 Å². The molecule has 0 spiro atoms. The highest BCUT2D eigenvalue weighted by Crippen LogP contribution is 2.43. The number of sulfonamides is 1. The van der Waals surface area contributed by atoms with Crippen molar-refractivity contribution in [3.8, 4) is 11.8 Å². The van der Waals surface area contributed by atoms with Crippen LogP contribution in [0.5, 0.6) is 5.75 Å². The van der Waals surface area contributed by atoms with E-state index < -0.39 is 35.5 Å². The normalized spacial score (nSPS) is 13.8. The maximum Gasteiger partial charge on any atom is 0.391 e. The maximum absolute atomic E-state index is 13.7. The van der Waals surface area contributed by atoms with Gasteiger partial charge < -0.3 is 9.42 Å². The van der Waals surface area contributed by atoms with E-state index in [0.29, 0.717) is 20.1 Å². The molecule has 1 heterocycles. The highest BCUT2D eigenvalue weighted by Gasteiger charge is 2.28. The number of rotatable bonds is 6. The minimum Gasteiger partial charge on any atom is -0.420 e. The Morgan fingerprint density at radius 1 is 1.24 bits per heavy atom. The fraction of sp³-hybridized carbons (Fsp3) is 0.0625. The second-order valence-electron chi connectivity index (χ2n) is 5.63. The van der Waals surface area contributed by atoms with Crippen molar-refractivity contribution in [3.63, 3.8) is 0 Å². The third-order valence-electron chi connectivity index (χ3n) is 3.58. The highest BCUT2D eigenvalue weighted by molar-refractivity contribution is 7.92. The molecule has 13 heteroatoms. The van der Waals surface area contributed by atoms with Crippen LogP contribution >= 0.6 is 42.1 Å². The van der Waals surface area contributed by atoms with E-state index in [0.717, 1.165) is 29.5 Å². The molecule has 29 heavy (non-hydrogen) atoms. The van der Waals surface area contributed by atoms with Crippen LogP contribution in [-0.4, -0.2) is 19.6 Å². The lowest BCUT2D eigenvalue weighted by Gasteiger charge is -2.14. The summed E-state index contributed by atoms with van der Waals surface area (Å²) in [4.78, 5) is 9.91. The fourth-order valence-electron chi connectivity index (χ4n) is 2.23. The molecule has 152 valence electrons. The van der Waals surface area contributed by atoms with E-state index in [4.69, 9.17) is 33.0 Å². The second-order valence-corrected chi connectivity index (χ2v) is 11.3. The monoisotopic (exact) mass is 494 g/mol. The zero-order valence-electron chi connectivity index (χ0n) is 14.1. The Labute approximate surface area is 178 Å². The SMILES string of the molecule is N#Cc1ccc(F)c(OP(=O)(O)CNS(=O)(=O)c2cc3c(Cl)ccc(Cl)c3s2)c1. The number of nitrogens with one attached hydrogen (secondary N) is 1. The zero-order chi connectivity index (χ0) is 21.4. The Morgan fingerprint density at radius 3 is 2.59 bits per heavy atom. The summed E-state index contributed by atoms with van der Waals surface area (Å²) in [6.45, 7) is 0. The van der Waals surface area contributed by atoms with E-state index in [-0.39, 0.29) is 9.77 Å². The topological polar surface area (TPSA) is 116 Å². The maximum atomic E-state index is 13.7. The minimum atomic E-state index is -4.63. The number of nitriles is 1. The van der Waals surface area contributed by atoms with Gasteiger partial charge in [0, 0.05) is 16.5 Å². The number of hydrogen-bond donors (Lipinski definition) is 2. The smallest absolute Gasteiger partial charge is 0.391 e. The first-order valence-corrected chi connectivity index (χ1v) is 12.4. The molecule has 3 rings (SSSR count). The van der Waals surface area contributed by atoms with E-state index in [1.807, 2.05) is 4.72 Å². The lowest BCUT2D eigenvalue weighted by Crippen LogP contribution is -2.25. The molecule has 0 bridgehead atoms. The van der Waals surface area contributed by atoms with Gasteiger partial charge in [-0.15, -0.1) is 11.3 Å². The summed E-state index contributed by atoms with van der Waals surface area (Å²) in [7, 11) is -8.84. The number of fused-ring (bicyclic) bond motifs is 1. The molecule has 7 nitrogen and oxygen atoms in total. The number of thiophene rings is 1. The fourth-order valence-corrected chi connectivity index (χ4v) is 6.73. The van der Waals surface area contributed by atoms with Gasteiger partial charge in [0.2, 0.25) is 0 Å². The Morgan fingerprint density at radius 2 is 1.93 bits per heavy atom. The summed E-state index contributed by atoms with van der Waals surface area (Å²) >= 11 is 12.9. The largest absolute Gasteiger partial charge is 0.420 e. The molecular weight excluding hydrogens is 485 g/mol. The second kappa shape index (κ2) is 8.20. The van der Waals surface area contributed by atoms with Gasteiger partial charge in [-0.2, -0.15) is 9.98 Å². The van der Waals surface area contributed by atoms with Crippen molar-refractivity contribution in [1.29, 1.82) is 5.26 Å². The summed E-state index contributed by atoms with van der Waals surface area (Å²) in [5.41, 5.74) is 0.000939. The first kappa shape index (κ1) is 22.0. The summed E-state index contributed by atoms with van der Waals surface area (Å²) in [6.07, 6.45) is -1.03. The first-order valence-electron chi connectivity index (χ1n) is 7.61. The molecular formula is C16H10Cl2FN2O5PS2. The summed E-state index contributed by atoms with van der Waals surface area (Å²) in [6, 6.07) is 9.04. The third-order valence-corrected chi connectivity index (χ3v) is 8.63. The number of benzene rings is 2. The van der Waals surface area contributed by atoms with Crippen LogP contribution in [0.15, 0.2) is 40.6 Å². The van der Waals surface area contributed by atoms with Gasteiger partial charge in [-0.25, -0.2) is 17.4 Å². The molecule has 0 saturated heterocycles. The van der Waals surface area contributed by atoms with E-state index in [9.17, 15) is 22.3 Å². The van der Waals surface area contributed by atoms with E-state index >= 15 is 0 Å². The molecule has 3 aromatic rings. The quantitative estimate of drug-likeness (QED) is 0.478. The predicted molar refractivity (Wildman–Crippen MR) is 109 cm³/mol. The Hall–Kier alpha value is -1.70. The van der Waals surface area contributed by atoms with Crippen molar-refractivity contribution >= 4 is 62.2 Å². The van der Waals surface area contributed by atoms with Crippen LogP contribution in [0.4, 0.5) is 4.39 Å². The molecule has 0 radical (unpaired) electrons. The molecule has 0 saturated carbocycles. The summed E-state index contributed by atoms with van der Waals surface area (Å²) in [5, 5.41) is 9.84. The average Bonchev–Trinajstić information content (AvgIpc) is 3.13. The Balaban J connectivity index is 1.81. The van der Waals surface area contributed by atoms with Gasteiger partial charge in [0.25, 0.3) is 10.0 Å². The van der Waals surface area contributed by atoms with Crippen LogP contribution in [0.25, 0.3) is 10.1 Å². The molecule has 0 amide bonds. The molecule has 1 unspecified atom stereocenters. The van der Waals surface area contributed by atoms with Crippen molar-refractivity contribution in [1.82, 2.24) is 4.72 Å². The van der Waals surface area contributed by atoms with Crippen molar-refractivity contribution in [2.24, 2.45) is 0 Å². The molecule has 1 atom stereocenters. The van der Waals surface area contributed by atoms with Crippen molar-refractivity contribution in [2.45, 2.75) is 4.21 Å². The molecule has 2 N–H and O–H groups in total. The van der Waals surface area contributed by atoms with Gasteiger partial charge >= 0.3 is 7.60 Å². The van der Waals surface area contributed by atoms with Crippen LogP contribution in [0.1, 0.15) is 5.56 Å². The molecule has 0 fully saturated rings. The first-order chi connectivity index (χ1) is 13.5. The highest BCUT2D eigenvalue weighted by atomic mass is 35.5. The van der Waals surface area contributed by atoms with Gasteiger partial charge in [0.1, 0.15) is 10.5 Å². The van der Waals surface area contributed by atoms with Crippen molar-refractivity contribution < 1.29 is 26.8 Å². The zero-order valence-corrected chi connectivity index (χ0v) is 18.1.